The Morgan fingerprint density at radius 1 is 1.43 bits per heavy atom. The molecule has 0 aliphatic heterocycles. The average Bonchev–Trinajstić information content (AvgIpc) is 2.12. The van der Waals surface area contributed by atoms with Crippen LogP contribution in [0.25, 0.3) is 0 Å². The van der Waals surface area contributed by atoms with Gasteiger partial charge in [-0.25, -0.2) is 0 Å². The van der Waals surface area contributed by atoms with E-state index in [1.807, 2.05) is 18.8 Å². The summed E-state index contributed by atoms with van der Waals surface area (Å²) < 4.78 is 0. The van der Waals surface area contributed by atoms with Gasteiger partial charge in [0.05, 0.1) is 0 Å². The fourth-order valence-corrected chi connectivity index (χ4v) is 2.04. The van der Waals surface area contributed by atoms with E-state index in [-0.39, 0.29) is 0 Å². The summed E-state index contributed by atoms with van der Waals surface area (Å²) in [6.07, 6.45) is 2.16. The maximum Gasteiger partial charge on any atom is 0.00991 e. The van der Waals surface area contributed by atoms with Gasteiger partial charge in [0.1, 0.15) is 0 Å². The maximum atomic E-state index is 3.33. The molecule has 0 rings (SSSR count). The topological polar surface area (TPSA) is 15.3 Å². The zero-order valence-corrected chi connectivity index (χ0v) is 11.4. The first-order valence-corrected chi connectivity index (χ1v) is 6.68. The molecule has 1 unspecified atom stereocenters. The predicted octanol–water partition coefficient (Wildman–Crippen LogP) is 1.92. The highest BCUT2D eigenvalue weighted by Gasteiger charge is 2.25. The summed E-state index contributed by atoms with van der Waals surface area (Å²) in [4.78, 5) is 2.42. The zero-order valence-electron chi connectivity index (χ0n) is 10.6. The van der Waals surface area contributed by atoms with Gasteiger partial charge in [-0.15, -0.1) is 0 Å². The van der Waals surface area contributed by atoms with Gasteiger partial charge in [-0.05, 0) is 32.7 Å². The van der Waals surface area contributed by atoms with E-state index in [0.717, 1.165) is 6.54 Å². The highest BCUT2D eigenvalue weighted by atomic mass is 32.2. The zero-order chi connectivity index (χ0) is 11.2. The van der Waals surface area contributed by atoms with E-state index < -0.39 is 0 Å². The van der Waals surface area contributed by atoms with Crippen molar-refractivity contribution >= 4 is 11.8 Å². The average molecular weight is 218 g/mol. The van der Waals surface area contributed by atoms with Crippen molar-refractivity contribution in [1.82, 2.24) is 10.2 Å². The first-order valence-electron chi connectivity index (χ1n) is 5.28. The Morgan fingerprint density at radius 2 is 2.00 bits per heavy atom. The number of nitrogens with zero attached hydrogens (tertiary/aromatic N) is 1. The molecular formula is C11H26N2S. The molecule has 1 atom stereocenters. The largest absolute Gasteiger partial charge is 0.317 e. The second kappa shape index (κ2) is 6.70. The predicted molar refractivity (Wildman–Crippen MR) is 68.2 cm³/mol. The third kappa shape index (κ3) is 5.23. The third-order valence-electron chi connectivity index (χ3n) is 2.96. The van der Waals surface area contributed by atoms with Gasteiger partial charge in [0.2, 0.25) is 0 Å². The Bertz CT molecular complexity index is 148. The summed E-state index contributed by atoms with van der Waals surface area (Å²) >= 11 is 1.91. The summed E-state index contributed by atoms with van der Waals surface area (Å²) in [5.74, 6) is 1.22. The van der Waals surface area contributed by atoms with Crippen molar-refractivity contribution < 1.29 is 0 Å². The molecule has 0 spiro atoms. The molecule has 0 aromatic heterocycles. The van der Waals surface area contributed by atoms with Crippen LogP contribution in [0.5, 0.6) is 0 Å². The molecule has 0 fully saturated rings. The molecule has 86 valence electrons. The quantitative estimate of drug-likeness (QED) is 0.703. The third-order valence-corrected chi connectivity index (χ3v) is 3.55. The molecule has 0 saturated carbocycles. The molecule has 0 radical (unpaired) electrons. The van der Waals surface area contributed by atoms with Crippen LogP contribution in [0, 0.1) is 5.41 Å². The highest BCUT2D eigenvalue weighted by molar-refractivity contribution is 7.98. The lowest BCUT2D eigenvalue weighted by molar-refractivity contribution is 0.175. The smallest absolute Gasteiger partial charge is 0.00991 e. The molecule has 0 amide bonds. The molecule has 2 nitrogen and oxygen atoms in total. The van der Waals surface area contributed by atoms with Gasteiger partial charge in [-0.1, -0.05) is 13.8 Å². The van der Waals surface area contributed by atoms with Crippen LogP contribution in [0.2, 0.25) is 0 Å². The molecule has 14 heavy (non-hydrogen) atoms. The molecule has 0 saturated heterocycles. The highest BCUT2D eigenvalue weighted by Crippen LogP contribution is 2.21. The molecule has 0 aromatic carbocycles. The molecule has 0 aromatic rings. The van der Waals surface area contributed by atoms with Crippen molar-refractivity contribution in [3.05, 3.63) is 0 Å². The molecule has 3 heteroatoms. The Kier molecular flexibility index (Phi) is 6.83. The number of hydrogen-bond donors (Lipinski definition) is 1. The number of thioether (sulfide) groups is 1. The van der Waals surface area contributed by atoms with E-state index in [9.17, 15) is 0 Å². The van der Waals surface area contributed by atoms with Crippen LogP contribution in [0.1, 0.15) is 20.8 Å². The molecular weight excluding hydrogens is 192 g/mol. The van der Waals surface area contributed by atoms with E-state index in [0.29, 0.717) is 11.5 Å². The van der Waals surface area contributed by atoms with Crippen molar-refractivity contribution in [2.24, 2.45) is 5.41 Å². The van der Waals surface area contributed by atoms with E-state index >= 15 is 0 Å². The maximum absolute atomic E-state index is 3.33. The van der Waals surface area contributed by atoms with Crippen molar-refractivity contribution in [1.29, 1.82) is 0 Å². The Labute approximate surface area is 93.8 Å². The first kappa shape index (κ1) is 14.3. The van der Waals surface area contributed by atoms with E-state index in [1.165, 1.54) is 12.3 Å². The summed E-state index contributed by atoms with van der Waals surface area (Å²) in [6.45, 7) is 9.23. The molecule has 0 bridgehead atoms. The summed E-state index contributed by atoms with van der Waals surface area (Å²) in [6, 6.07) is 0.555. The van der Waals surface area contributed by atoms with Crippen LogP contribution in [0.4, 0.5) is 0 Å². The summed E-state index contributed by atoms with van der Waals surface area (Å²) in [7, 11) is 4.24. The van der Waals surface area contributed by atoms with Crippen molar-refractivity contribution in [3.63, 3.8) is 0 Å². The summed E-state index contributed by atoms with van der Waals surface area (Å²) in [5, 5.41) is 3.33. The van der Waals surface area contributed by atoms with Gasteiger partial charge in [0.15, 0.2) is 0 Å². The van der Waals surface area contributed by atoms with Crippen LogP contribution in [-0.4, -0.2) is 50.1 Å². The van der Waals surface area contributed by atoms with Gasteiger partial charge >= 0.3 is 0 Å². The van der Waals surface area contributed by atoms with Gasteiger partial charge < -0.3 is 10.2 Å². The van der Waals surface area contributed by atoms with E-state index in [4.69, 9.17) is 0 Å². The molecule has 0 heterocycles. The molecule has 0 aliphatic carbocycles. The van der Waals surface area contributed by atoms with Crippen LogP contribution in [0.15, 0.2) is 0 Å². The lowest BCUT2D eigenvalue weighted by atomic mass is 9.85. The monoisotopic (exact) mass is 218 g/mol. The van der Waals surface area contributed by atoms with Gasteiger partial charge in [-0.3, -0.25) is 0 Å². The Hall–Kier alpha value is 0.270. The van der Waals surface area contributed by atoms with Crippen molar-refractivity contribution in [2.45, 2.75) is 26.8 Å². The Morgan fingerprint density at radius 3 is 2.43 bits per heavy atom. The van der Waals surface area contributed by atoms with Crippen LogP contribution in [0.3, 0.4) is 0 Å². The first-order chi connectivity index (χ1) is 6.44. The van der Waals surface area contributed by atoms with Crippen LogP contribution in [-0.2, 0) is 0 Å². The van der Waals surface area contributed by atoms with Gasteiger partial charge in [-0.2, -0.15) is 11.8 Å². The van der Waals surface area contributed by atoms with E-state index in [2.05, 4.69) is 44.3 Å². The van der Waals surface area contributed by atoms with Crippen molar-refractivity contribution in [2.75, 3.05) is 39.2 Å². The number of rotatable bonds is 7. The lowest BCUT2D eigenvalue weighted by Crippen LogP contribution is -2.45. The molecule has 0 aliphatic rings. The van der Waals surface area contributed by atoms with Gasteiger partial charge in [0.25, 0.3) is 0 Å². The SMILES string of the molecule is CNC(C)C(C)(C)CN(C)CCSC. The minimum atomic E-state index is 0.335. The fraction of sp³-hybridized carbons (Fsp3) is 1.00. The lowest BCUT2D eigenvalue weighted by Gasteiger charge is -2.35. The van der Waals surface area contributed by atoms with Gasteiger partial charge in [0, 0.05) is 24.9 Å². The Balaban J connectivity index is 3.94. The minimum Gasteiger partial charge on any atom is -0.317 e. The number of nitrogens with one attached hydrogen (secondary N) is 1. The second-order valence-corrected chi connectivity index (χ2v) is 5.72. The minimum absolute atomic E-state index is 0.335. The van der Waals surface area contributed by atoms with Crippen molar-refractivity contribution in [3.8, 4) is 0 Å². The normalized spacial score (nSPS) is 14.8. The number of hydrogen-bond acceptors (Lipinski definition) is 3. The van der Waals surface area contributed by atoms with Crippen LogP contribution < -0.4 is 5.32 Å². The summed E-state index contributed by atoms with van der Waals surface area (Å²) in [5.41, 5.74) is 0.335. The van der Waals surface area contributed by atoms with E-state index in [1.54, 1.807) is 0 Å². The van der Waals surface area contributed by atoms with Crippen LogP contribution >= 0.6 is 11.8 Å². The fourth-order valence-electron chi connectivity index (χ4n) is 1.55. The second-order valence-electron chi connectivity index (χ2n) is 4.73. The molecule has 1 N–H and O–H groups in total. The standard InChI is InChI=1S/C11H26N2S/c1-10(12-4)11(2,3)9-13(5)7-8-14-6/h10,12H,7-9H2,1-6H3.